The van der Waals surface area contributed by atoms with Gasteiger partial charge in [0, 0.05) is 18.8 Å². The molecule has 5 heteroatoms. The van der Waals surface area contributed by atoms with Gasteiger partial charge in [-0.1, -0.05) is 52.0 Å². The van der Waals surface area contributed by atoms with E-state index in [0.29, 0.717) is 48.7 Å². The van der Waals surface area contributed by atoms with E-state index in [1.165, 1.54) is 5.57 Å². The molecule has 1 unspecified atom stereocenters. The molecule has 8 atom stereocenters. The lowest BCUT2D eigenvalue weighted by Gasteiger charge is -2.58. The highest BCUT2D eigenvalue weighted by molar-refractivity contribution is 5.91. The van der Waals surface area contributed by atoms with E-state index in [1.54, 1.807) is 0 Å². The number of carboxylic acid groups (broad SMARTS) is 1. The number of carbonyl (C=O) groups excluding carboxylic acids is 2. The topological polar surface area (TPSA) is 91.7 Å². The average molecular weight is 487 g/mol. The van der Waals surface area contributed by atoms with E-state index in [2.05, 4.69) is 20.8 Å². The average Bonchev–Trinajstić information content (AvgIpc) is 3.13. The zero-order chi connectivity index (χ0) is 25.4. The smallest absolute Gasteiger partial charge is 0.303 e. The normalized spacial score (nSPS) is 39.3. The number of hydrogen-bond donors (Lipinski definition) is 2. The molecule has 0 saturated heterocycles. The Morgan fingerprint density at radius 1 is 1.06 bits per heavy atom. The Bertz CT molecular complexity index is 861. The Kier molecular flexibility index (Phi) is 7.95. The first kappa shape index (κ1) is 26.6. The molecule has 4 rings (SSSR count). The van der Waals surface area contributed by atoms with Crippen molar-refractivity contribution < 1.29 is 24.6 Å². The molecule has 0 aromatic rings. The molecule has 0 amide bonds. The fraction of sp³-hybridized carbons (Fsp3) is 0.833. The van der Waals surface area contributed by atoms with Crippen molar-refractivity contribution in [2.75, 3.05) is 0 Å². The first-order valence-electron chi connectivity index (χ1n) is 14.3. The maximum Gasteiger partial charge on any atom is 0.303 e. The lowest BCUT2D eigenvalue weighted by Crippen LogP contribution is -2.52. The van der Waals surface area contributed by atoms with Crippen LogP contribution in [0.25, 0.3) is 0 Å². The molecular formula is C30H46O5. The van der Waals surface area contributed by atoms with Gasteiger partial charge in [0.2, 0.25) is 0 Å². The van der Waals surface area contributed by atoms with Gasteiger partial charge in [0.1, 0.15) is 6.10 Å². The number of unbranched alkanes of at least 4 members (excludes halogenated alkanes) is 3. The van der Waals surface area contributed by atoms with E-state index < -0.39 is 12.1 Å². The number of carbonyl (C=O) groups is 3. The Morgan fingerprint density at radius 2 is 1.80 bits per heavy atom. The zero-order valence-electron chi connectivity index (χ0n) is 22.1. The van der Waals surface area contributed by atoms with Crippen molar-refractivity contribution in [2.45, 2.75) is 117 Å². The number of fused-ring (bicyclic) bond motifs is 5. The Hall–Kier alpha value is -1.49. The number of Topliss-reactive ketones (excluding diaryl/α,β-unsaturated/α-hetero) is 1. The molecule has 0 spiro atoms. The maximum absolute atomic E-state index is 13.7. The van der Waals surface area contributed by atoms with Crippen LogP contribution in [0.3, 0.4) is 0 Å². The predicted molar refractivity (Wildman–Crippen MR) is 136 cm³/mol. The maximum atomic E-state index is 13.7. The Balaban J connectivity index is 1.44. The number of rotatable bonds is 10. The molecule has 0 bridgehead atoms. The van der Waals surface area contributed by atoms with Crippen molar-refractivity contribution in [3.8, 4) is 0 Å². The fourth-order valence-electron chi connectivity index (χ4n) is 9.01. The molecule has 2 N–H and O–H groups in total. The molecule has 196 valence electrons. The molecule has 0 radical (unpaired) electrons. The molecular weight excluding hydrogens is 440 g/mol. The van der Waals surface area contributed by atoms with E-state index in [-0.39, 0.29) is 29.0 Å². The minimum Gasteiger partial charge on any atom is -0.481 e. The first-order valence-corrected chi connectivity index (χ1v) is 14.3. The van der Waals surface area contributed by atoms with Gasteiger partial charge in [-0.2, -0.15) is 0 Å². The summed E-state index contributed by atoms with van der Waals surface area (Å²) in [6, 6.07) is 0. The van der Waals surface area contributed by atoms with Gasteiger partial charge in [0.25, 0.3) is 0 Å². The van der Waals surface area contributed by atoms with E-state index in [9.17, 15) is 19.5 Å². The second kappa shape index (κ2) is 10.5. The van der Waals surface area contributed by atoms with E-state index in [4.69, 9.17) is 5.11 Å². The van der Waals surface area contributed by atoms with Crippen LogP contribution in [-0.4, -0.2) is 33.9 Å². The van der Waals surface area contributed by atoms with Crippen molar-refractivity contribution in [3.63, 3.8) is 0 Å². The first-order chi connectivity index (χ1) is 16.6. The predicted octanol–water partition coefficient (Wildman–Crippen LogP) is 6.13. The summed E-state index contributed by atoms with van der Waals surface area (Å²) >= 11 is 0. The molecule has 4 aliphatic carbocycles. The summed E-state index contributed by atoms with van der Waals surface area (Å²) in [4.78, 5) is 36.5. The molecule has 0 aromatic heterocycles. The lowest BCUT2D eigenvalue weighted by molar-refractivity contribution is -0.140. The minimum absolute atomic E-state index is 0.0382. The van der Waals surface area contributed by atoms with Crippen LogP contribution < -0.4 is 0 Å². The van der Waals surface area contributed by atoms with Crippen LogP contribution in [0.15, 0.2) is 11.6 Å². The van der Waals surface area contributed by atoms with Crippen LogP contribution in [0.5, 0.6) is 0 Å². The summed E-state index contributed by atoms with van der Waals surface area (Å²) < 4.78 is 0. The number of aliphatic hydroxyl groups is 1. The summed E-state index contributed by atoms with van der Waals surface area (Å²) in [6.45, 7) is 6.95. The van der Waals surface area contributed by atoms with Crippen molar-refractivity contribution >= 4 is 17.5 Å². The molecule has 3 saturated carbocycles. The number of aliphatic hydroxyl groups excluding tert-OH is 1. The Morgan fingerprint density at radius 3 is 2.51 bits per heavy atom. The van der Waals surface area contributed by atoms with Gasteiger partial charge >= 0.3 is 5.97 Å². The van der Waals surface area contributed by atoms with Crippen LogP contribution in [0.4, 0.5) is 0 Å². The number of carboxylic acids is 1. The van der Waals surface area contributed by atoms with Crippen LogP contribution in [0.2, 0.25) is 0 Å². The van der Waals surface area contributed by atoms with Crippen molar-refractivity contribution in [3.05, 3.63) is 11.6 Å². The number of hydrogen-bond acceptors (Lipinski definition) is 4. The monoisotopic (exact) mass is 486 g/mol. The van der Waals surface area contributed by atoms with Gasteiger partial charge in [-0.25, -0.2) is 0 Å². The Labute approximate surface area is 211 Å². The molecule has 5 nitrogen and oxygen atoms in total. The lowest BCUT2D eigenvalue weighted by atomic mass is 9.46. The number of allylic oxidation sites excluding steroid dienone is 1. The van der Waals surface area contributed by atoms with Gasteiger partial charge in [-0.05, 0) is 91.9 Å². The van der Waals surface area contributed by atoms with Crippen molar-refractivity contribution in [1.29, 1.82) is 0 Å². The summed E-state index contributed by atoms with van der Waals surface area (Å²) in [5, 5.41) is 19.7. The van der Waals surface area contributed by atoms with Gasteiger partial charge in [-0.3, -0.25) is 14.4 Å². The van der Waals surface area contributed by atoms with Gasteiger partial charge in [0.05, 0.1) is 0 Å². The second-order valence-corrected chi connectivity index (χ2v) is 12.7. The SMILES string of the molecule is CC[C@@H]1C[C@H]2[C@@H]3CCC4=CC(=O)CC[C@]4(C)[C@H]3CC[C@]2(C)[C@H]1C(=O)C(O)CCCCCCC(=O)O. The third kappa shape index (κ3) is 4.91. The van der Waals surface area contributed by atoms with E-state index in [0.717, 1.165) is 64.2 Å². The van der Waals surface area contributed by atoms with Crippen LogP contribution in [0, 0.1) is 40.4 Å². The van der Waals surface area contributed by atoms with Crippen LogP contribution in [0.1, 0.15) is 111 Å². The van der Waals surface area contributed by atoms with E-state index >= 15 is 0 Å². The highest BCUT2D eigenvalue weighted by Crippen LogP contribution is 2.68. The standard InChI is InChI=1S/C30H46O5/c1-4-19-17-24-22-12-11-20-18-21(31)13-15-29(20,2)23(22)14-16-30(24,3)27(19)28(35)25(32)9-7-5-6-8-10-26(33)34/h18-19,22-25,27,32H,4-17H2,1-3H3,(H,33,34)/t19-,22-,23+,24+,25?,27-,29+,30+/m1/s1. The molecule has 0 aliphatic heterocycles. The van der Waals surface area contributed by atoms with Crippen molar-refractivity contribution in [2.24, 2.45) is 40.4 Å². The minimum atomic E-state index is -0.899. The highest BCUT2D eigenvalue weighted by Gasteiger charge is 2.62. The molecule has 35 heavy (non-hydrogen) atoms. The highest BCUT2D eigenvalue weighted by atomic mass is 16.4. The third-order valence-electron chi connectivity index (χ3n) is 10.9. The quantitative estimate of drug-likeness (QED) is 0.363. The summed E-state index contributed by atoms with van der Waals surface area (Å²) in [5.41, 5.74) is 1.49. The molecule has 0 heterocycles. The van der Waals surface area contributed by atoms with Crippen LogP contribution >= 0.6 is 0 Å². The van der Waals surface area contributed by atoms with Gasteiger partial charge < -0.3 is 10.2 Å². The summed E-state index contributed by atoms with van der Waals surface area (Å²) in [5.74, 6) is 1.64. The van der Waals surface area contributed by atoms with Crippen LogP contribution in [-0.2, 0) is 14.4 Å². The fourth-order valence-corrected chi connectivity index (χ4v) is 9.01. The van der Waals surface area contributed by atoms with Crippen molar-refractivity contribution in [1.82, 2.24) is 0 Å². The number of ketones is 2. The summed E-state index contributed by atoms with van der Waals surface area (Å²) in [7, 11) is 0. The van der Waals surface area contributed by atoms with E-state index in [1.807, 2.05) is 6.08 Å². The second-order valence-electron chi connectivity index (χ2n) is 12.7. The zero-order valence-corrected chi connectivity index (χ0v) is 22.1. The largest absolute Gasteiger partial charge is 0.481 e. The van der Waals surface area contributed by atoms with Gasteiger partial charge in [-0.15, -0.1) is 0 Å². The molecule has 3 fully saturated rings. The third-order valence-corrected chi connectivity index (χ3v) is 10.9. The molecule has 0 aromatic carbocycles. The van der Waals surface area contributed by atoms with Gasteiger partial charge in [0.15, 0.2) is 11.6 Å². The number of aliphatic carboxylic acids is 1. The summed E-state index contributed by atoms with van der Waals surface area (Å²) in [6.07, 6.45) is 12.9. The molecule has 4 aliphatic rings.